The normalized spacial score (nSPS) is 25.0. The second-order valence-corrected chi connectivity index (χ2v) is 5.74. The van der Waals surface area contributed by atoms with Gasteiger partial charge in [-0.3, -0.25) is 10.1 Å². The van der Waals surface area contributed by atoms with Gasteiger partial charge in [0.2, 0.25) is 5.95 Å². The number of rotatable bonds is 2. The van der Waals surface area contributed by atoms with Crippen molar-refractivity contribution in [2.45, 2.75) is 18.9 Å². The molecule has 2 aromatic rings. The lowest BCUT2D eigenvalue weighted by molar-refractivity contribution is 0.381. The maximum atomic E-state index is 9.51. The fraction of sp³-hybridized carbons (Fsp3) is 0.500. The number of fused-ring (bicyclic) bond motifs is 1. The molecular weight excluding hydrogens is 268 g/mol. The van der Waals surface area contributed by atoms with E-state index in [9.17, 15) is 5.11 Å². The van der Waals surface area contributed by atoms with Gasteiger partial charge < -0.3 is 15.3 Å². The molecule has 0 amide bonds. The fourth-order valence-electron chi connectivity index (χ4n) is 3.38. The van der Waals surface area contributed by atoms with Gasteiger partial charge in [-0.25, -0.2) is 0 Å². The lowest BCUT2D eigenvalue weighted by Gasteiger charge is -2.36. The van der Waals surface area contributed by atoms with E-state index in [1.54, 1.807) is 12.3 Å². The molecule has 0 spiro atoms. The van der Waals surface area contributed by atoms with E-state index in [1.165, 1.54) is 19.0 Å². The number of hydrogen-bond donors (Lipinski definition) is 3. The minimum Gasteiger partial charge on any atom is -0.506 e. The Morgan fingerprint density at radius 3 is 3.14 bits per heavy atom. The van der Waals surface area contributed by atoms with Gasteiger partial charge in [-0.05, 0) is 24.8 Å². The standard InChI is InChI=1S/C14H18N6O/c21-11-4-10(6-15-7-11)13-17-14(19-18-13)20-3-1-2-9-5-16-8-12(9)20/h4,6-7,9,12,16,21H,1-3,5,8H2,(H,17,18,19). The van der Waals surface area contributed by atoms with Crippen LogP contribution in [0.4, 0.5) is 5.95 Å². The van der Waals surface area contributed by atoms with Gasteiger partial charge >= 0.3 is 0 Å². The molecule has 2 atom stereocenters. The van der Waals surface area contributed by atoms with Crippen molar-refractivity contribution < 1.29 is 5.11 Å². The van der Waals surface area contributed by atoms with Gasteiger partial charge in [-0.1, -0.05) is 0 Å². The quantitative estimate of drug-likeness (QED) is 0.755. The van der Waals surface area contributed by atoms with E-state index in [4.69, 9.17) is 0 Å². The van der Waals surface area contributed by atoms with Crippen LogP contribution in [0.25, 0.3) is 11.4 Å². The summed E-state index contributed by atoms with van der Waals surface area (Å²) in [6.07, 6.45) is 5.53. The molecule has 2 aromatic heterocycles. The Hall–Kier alpha value is -2.15. The van der Waals surface area contributed by atoms with Crippen LogP contribution >= 0.6 is 0 Å². The fourth-order valence-corrected chi connectivity index (χ4v) is 3.38. The van der Waals surface area contributed by atoms with Crippen molar-refractivity contribution in [3.63, 3.8) is 0 Å². The first-order valence-corrected chi connectivity index (χ1v) is 7.35. The highest BCUT2D eigenvalue weighted by Gasteiger charge is 2.36. The van der Waals surface area contributed by atoms with Gasteiger partial charge in [-0.2, -0.15) is 4.98 Å². The molecule has 4 rings (SSSR count). The van der Waals surface area contributed by atoms with Crippen LogP contribution in [0.5, 0.6) is 5.75 Å². The topological polar surface area (TPSA) is 90.0 Å². The van der Waals surface area contributed by atoms with Gasteiger partial charge in [0.15, 0.2) is 5.82 Å². The van der Waals surface area contributed by atoms with Crippen LogP contribution in [-0.2, 0) is 0 Å². The predicted octanol–water partition coefficient (Wildman–Crippen LogP) is 0.760. The number of aromatic amines is 1. The van der Waals surface area contributed by atoms with Gasteiger partial charge in [0.1, 0.15) is 5.75 Å². The SMILES string of the molecule is Oc1cncc(-c2nc(N3CCCC4CNCC43)n[nH]2)c1. The van der Waals surface area contributed by atoms with Gasteiger partial charge in [-0.15, -0.1) is 5.10 Å². The number of anilines is 1. The van der Waals surface area contributed by atoms with Crippen molar-refractivity contribution in [1.82, 2.24) is 25.5 Å². The lowest BCUT2D eigenvalue weighted by atomic mass is 9.92. The van der Waals surface area contributed by atoms with E-state index in [-0.39, 0.29) is 5.75 Å². The number of hydrogen-bond acceptors (Lipinski definition) is 6. The van der Waals surface area contributed by atoms with Crippen molar-refractivity contribution in [3.8, 4) is 17.1 Å². The second kappa shape index (κ2) is 5.00. The van der Waals surface area contributed by atoms with Gasteiger partial charge in [0.05, 0.1) is 6.20 Å². The second-order valence-electron chi connectivity index (χ2n) is 5.74. The van der Waals surface area contributed by atoms with E-state index in [1.807, 2.05) is 0 Å². The molecule has 2 saturated heterocycles. The summed E-state index contributed by atoms with van der Waals surface area (Å²) < 4.78 is 0. The highest BCUT2D eigenvalue weighted by Crippen LogP contribution is 2.30. The molecule has 4 heterocycles. The van der Waals surface area contributed by atoms with E-state index in [2.05, 4.69) is 30.4 Å². The van der Waals surface area contributed by atoms with Crippen LogP contribution in [0, 0.1) is 5.92 Å². The maximum absolute atomic E-state index is 9.51. The monoisotopic (exact) mass is 286 g/mol. The Bertz CT molecular complexity index is 642. The maximum Gasteiger partial charge on any atom is 0.245 e. The summed E-state index contributed by atoms with van der Waals surface area (Å²) in [4.78, 5) is 10.9. The Morgan fingerprint density at radius 1 is 1.29 bits per heavy atom. The zero-order valence-corrected chi connectivity index (χ0v) is 11.7. The van der Waals surface area contributed by atoms with Crippen LogP contribution < -0.4 is 10.2 Å². The number of nitrogens with zero attached hydrogens (tertiary/aromatic N) is 4. The van der Waals surface area contributed by atoms with Crippen molar-refractivity contribution >= 4 is 5.95 Å². The van der Waals surface area contributed by atoms with Crippen LogP contribution in [0.3, 0.4) is 0 Å². The zero-order chi connectivity index (χ0) is 14.2. The van der Waals surface area contributed by atoms with Crippen LogP contribution in [0.2, 0.25) is 0 Å². The first kappa shape index (κ1) is 12.6. The third kappa shape index (κ3) is 2.23. The van der Waals surface area contributed by atoms with Gasteiger partial charge in [0.25, 0.3) is 0 Å². The van der Waals surface area contributed by atoms with E-state index in [0.29, 0.717) is 17.8 Å². The van der Waals surface area contributed by atoms with Crippen molar-refractivity contribution in [2.75, 3.05) is 24.5 Å². The molecule has 2 fully saturated rings. The summed E-state index contributed by atoms with van der Waals surface area (Å²) in [5, 5.41) is 20.3. The molecule has 0 radical (unpaired) electrons. The highest BCUT2D eigenvalue weighted by molar-refractivity contribution is 5.57. The number of H-pyrrole nitrogens is 1. The molecule has 0 bridgehead atoms. The largest absolute Gasteiger partial charge is 0.506 e. The Balaban J connectivity index is 1.62. The summed E-state index contributed by atoms with van der Waals surface area (Å²) in [5.74, 6) is 2.21. The molecule has 0 aliphatic carbocycles. The minimum atomic E-state index is 0.128. The summed E-state index contributed by atoms with van der Waals surface area (Å²) >= 11 is 0. The Kier molecular flexibility index (Phi) is 2.99. The molecule has 3 N–H and O–H groups in total. The van der Waals surface area contributed by atoms with Crippen molar-refractivity contribution in [1.29, 1.82) is 0 Å². The molecule has 2 aliphatic rings. The van der Waals surface area contributed by atoms with E-state index >= 15 is 0 Å². The van der Waals surface area contributed by atoms with Crippen molar-refractivity contribution in [2.24, 2.45) is 5.92 Å². The molecule has 2 aliphatic heterocycles. The number of pyridine rings is 1. The average Bonchev–Trinajstić information content (AvgIpc) is 3.16. The first-order chi connectivity index (χ1) is 10.3. The molecule has 7 heteroatoms. The first-order valence-electron chi connectivity index (χ1n) is 7.35. The van der Waals surface area contributed by atoms with Gasteiger partial charge in [0, 0.05) is 37.4 Å². The molecule has 0 saturated carbocycles. The summed E-state index contributed by atoms with van der Waals surface area (Å²) in [5.41, 5.74) is 0.742. The minimum absolute atomic E-state index is 0.128. The molecule has 7 nitrogen and oxygen atoms in total. The molecule has 2 unspecified atom stereocenters. The van der Waals surface area contributed by atoms with E-state index in [0.717, 1.165) is 31.1 Å². The summed E-state index contributed by atoms with van der Waals surface area (Å²) in [6, 6.07) is 2.12. The third-order valence-corrected chi connectivity index (χ3v) is 4.41. The summed E-state index contributed by atoms with van der Waals surface area (Å²) in [7, 11) is 0. The van der Waals surface area contributed by atoms with Crippen LogP contribution in [-0.4, -0.2) is 50.9 Å². The number of nitrogens with one attached hydrogen (secondary N) is 2. The zero-order valence-electron chi connectivity index (χ0n) is 11.7. The number of aromatic hydroxyl groups is 1. The average molecular weight is 286 g/mol. The number of piperidine rings is 1. The molecular formula is C14H18N6O. The third-order valence-electron chi connectivity index (χ3n) is 4.41. The van der Waals surface area contributed by atoms with Crippen LogP contribution in [0.1, 0.15) is 12.8 Å². The predicted molar refractivity (Wildman–Crippen MR) is 78.0 cm³/mol. The van der Waals surface area contributed by atoms with E-state index < -0.39 is 0 Å². The smallest absolute Gasteiger partial charge is 0.245 e. The van der Waals surface area contributed by atoms with Crippen LogP contribution in [0.15, 0.2) is 18.5 Å². The molecule has 110 valence electrons. The molecule has 0 aromatic carbocycles. The molecule has 21 heavy (non-hydrogen) atoms. The number of aromatic nitrogens is 4. The Labute approximate surface area is 122 Å². The van der Waals surface area contributed by atoms with Crippen molar-refractivity contribution in [3.05, 3.63) is 18.5 Å². The lowest BCUT2D eigenvalue weighted by Crippen LogP contribution is -2.45. The summed E-state index contributed by atoms with van der Waals surface area (Å²) in [6.45, 7) is 3.09. The highest BCUT2D eigenvalue weighted by atomic mass is 16.3. The Morgan fingerprint density at radius 2 is 2.24 bits per heavy atom.